The standard InChI is InChI=1S/C29H41ClN4O/c1-7-9-16-27(35-6)32-29(33(8-2)20-22(4)31-5)24-17-18-34(19-21(24)3)26-15-11-13-23-12-10-14-25(30)28(23)26/h10-16,22,31H,7-9,17-20H2,1-6H3/b27-16-,32-29+. The molecule has 1 aliphatic heterocycles. The molecule has 1 heterocycles. The number of nitrogens with zero attached hydrogens (tertiary/aromatic N) is 3. The SMILES string of the molecule is CCC/C=C(/N=C(\C1=C(C)CN(c2cccc3cccc(Cl)c23)CC1)N(CC)CC(C)NC)OC. The summed E-state index contributed by atoms with van der Waals surface area (Å²) in [5.74, 6) is 1.73. The number of hydrogen-bond donors (Lipinski definition) is 1. The van der Waals surface area contributed by atoms with Gasteiger partial charge >= 0.3 is 0 Å². The smallest absolute Gasteiger partial charge is 0.210 e. The molecule has 0 saturated carbocycles. The number of allylic oxidation sites excluding steroid dienone is 1. The number of unbranched alkanes of at least 4 members (excludes halogenated alkanes) is 1. The van der Waals surface area contributed by atoms with Gasteiger partial charge in [0.25, 0.3) is 0 Å². The first-order valence-electron chi connectivity index (χ1n) is 12.8. The summed E-state index contributed by atoms with van der Waals surface area (Å²) >= 11 is 6.64. The maximum atomic E-state index is 6.64. The van der Waals surface area contributed by atoms with Crippen LogP contribution in [0.5, 0.6) is 0 Å². The second-order valence-electron chi connectivity index (χ2n) is 9.24. The first-order valence-corrected chi connectivity index (χ1v) is 13.2. The largest absolute Gasteiger partial charge is 0.481 e. The van der Waals surface area contributed by atoms with Crippen LogP contribution in [0.25, 0.3) is 10.8 Å². The third-order valence-electron chi connectivity index (χ3n) is 6.72. The van der Waals surface area contributed by atoms with E-state index in [1.54, 1.807) is 7.11 Å². The Morgan fingerprint density at radius 1 is 1.26 bits per heavy atom. The van der Waals surface area contributed by atoms with E-state index in [9.17, 15) is 0 Å². The van der Waals surface area contributed by atoms with E-state index in [2.05, 4.69) is 73.2 Å². The molecule has 5 nitrogen and oxygen atoms in total. The predicted octanol–water partition coefficient (Wildman–Crippen LogP) is 6.64. The molecule has 0 spiro atoms. The van der Waals surface area contributed by atoms with Crippen LogP contribution in [-0.4, -0.2) is 57.1 Å². The third-order valence-corrected chi connectivity index (χ3v) is 7.03. The van der Waals surface area contributed by atoms with Crippen LogP contribution in [0, 0.1) is 0 Å². The lowest BCUT2D eigenvalue weighted by Crippen LogP contribution is -2.43. The first-order chi connectivity index (χ1) is 16.9. The van der Waals surface area contributed by atoms with E-state index in [0.717, 1.165) is 61.7 Å². The summed E-state index contributed by atoms with van der Waals surface area (Å²) in [5, 5.41) is 6.48. The number of hydrogen-bond acceptors (Lipinski definition) is 4. The second-order valence-corrected chi connectivity index (χ2v) is 9.65. The van der Waals surface area contributed by atoms with Crippen LogP contribution in [0.1, 0.15) is 47.0 Å². The van der Waals surface area contributed by atoms with Crippen molar-refractivity contribution in [2.45, 2.75) is 53.0 Å². The van der Waals surface area contributed by atoms with Crippen LogP contribution in [0.2, 0.25) is 5.02 Å². The summed E-state index contributed by atoms with van der Waals surface area (Å²) in [6.45, 7) is 12.3. The molecule has 6 heteroatoms. The molecule has 0 saturated heterocycles. The third kappa shape index (κ3) is 6.59. The highest BCUT2D eigenvalue weighted by atomic mass is 35.5. The van der Waals surface area contributed by atoms with E-state index in [0.29, 0.717) is 11.9 Å². The Hall–Kier alpha value is -2.50. The number of benzene rings is 2. The number of fused-ring (bicyclic) bond motifs is 1. The molecule has 0 amide bonds. The Kier molecular flexibility index (Phi) is 10.1. The number of rotatable bonds is 10. The van der Waals surface area contributed by atoms with Gasteiger partial charge in [-0.3, -0.25) is 0 Å². The van der Waals surface area contributed by atoms with Gasteiger partial charge < -0.3 is 19.9 Å². The molecule has 0 bridgehead atoms. The Balaban J connectivity index is 2.01. The Morgan fingerprint density at radius 2 is 2.00 bits per heavy atom. The van der Waals surface area contributed by atoms with Crippen LogP contribution in [0.3, 0.4) is 0 Å². The maximum absolute atomic E-state index is 6.64. The molecule has 2 aromatic rings. The minimum absolute atomic E-state index is 0.351. The van der Waals surface area contributed by atoms with Gasteiger partial charge in [0.05, 0.1) is 12.1 Å². The van der Waals surface area contributed by atoms with Gasteiger partial charge in [0.1, 0.15) is 5.84 Å². The molecule has 1 unspecified atom stereocenters. The average Bonchev–Trinajstić information content (AvgIpc) is 2.87. The van der Waals surface area contributed by atoms with Crippen molar-refractivity contribution in [1.29, 1.82) is 0 Å². The minimum Gasteiger partial charge on any atom is -0.481 e. The monoisotopic (exact) mass is 496 g/mol. The number of aliphatic imine (C=N–C) groups is 1. The van der Waals surface area contributed by atoms with Crippen LogP contribution < -0.4 is 10.2 Å². The van der Waals surface area contributed by atoms with Crippen molar-refractivity contribution in [2.75, 3.05) is 45.2 Å². The van der Waals surface area contributed by atoms with Gasteiger partial charge in [-0.25, -0.2) is 0 Å². The second kappa shape index (κ2) is 13.0. The van der Waals surface area contributed by atoms with Gasteiger partial charge in [0, 0.05) is 43.3 Å². The molecule has 190 valence electrons. The zero-order valence-electron chi connectivity index (χ0n) is 22.2. The normalized spacial score (nSPS) is 16.1. The predicted molar refractivity (Wildman–Crippen MR) is 152 cm³/mol. The fourth-order valence-electron chi connectivity index (χ4n) is 4.63. The number of ether oxygens (including phenoxy) is 1. The van der Waals surface area contributed by atoms with Crippen LogP contribution in [0.15, 0.2) is 64.5 Å². The summed E-state index contributed by atoms with van der Waals surface area (Å²) in [4.78, 5) is 9.91. The minimum atomic E-state index is 0.351. The molecule has 1 atom stereocenters. The highest BCUT2D eigenvalue weighted by Gasteiger charge is 2.25. The molecule has 0 fully saturated rings. The molecule has 0 aromatic heterocycles. The highest BCUT2D eigenvalue weighted by molar-refractivity contribution is 6.36. The summed E-state index contributed by atoms with van der Waals surface area (Å²) in [6, 6.07) is 12.9. The maximum Gasteiger partial charge on any atom is 0.210 e. The van der Waals surface area contributed by atoms with Crippen molar-refractivity contribution in [3.63, 3.8) is 0 Å². The Labute approximate surface area is 216 Å². The summed E-state index contributed by atoms with van der Waals surface area (Å²) in [6.07, 6.45) is 5.03. The number of likely N-dealkylation sites (N-methyl/N-ethyl adjacent to an activating group) is 2. The van der Waals surface area contributed by atoms with Crippen LogP contribution >= 0.6 is 11.6 Å². The average molecular weight is 497 g/mol. The fraction of sp³-hybridized carbons (Fsp3) is 0.483. The van der Waals surface area contributed by atoms with Crippen molar-refractivity contribution < 1.29 is 4.74 Å². The number of halogens is 1. The molecule has 0 aliphatic carbocycles. The number of nitrogens with one attached hydrogen (secondary N) is 1. The van der Waals surface area contributed by atoms with E-state index in [4.69, 9.17) is 21.3 Å². The number of anilines is 1. The summed E-state index contributed by atoms with van der Waals surface area (Å²) < 4.78 is 5.67. The van der Waals surface area contributed by atoms with Crippen molar-refractivity contribution >= 4 is 33.9 Å². The lowest BCUT2D eigenvalue weighted by atomic mass is 9.97. The van der Waals surface area contributed by atoms with Crippen molar-refractivity contribution in [3.05, 3.63) is 64.5 Å². The van der Waals surface area contributed by atoms with Gasteiger partial charge in [0.15, 0.2) is 0 Å². The van der Waals surface area contributed by atoms with Crippen LogP contribution in [-0.2, 0) is 4.74 Å². The van der Waals surface area contributed by atoms with E-state index in [-0.39, 0.29) is 0 Å². The lowest BCUT2D eigenvalue weighted by Gasteiger charge is -2.36. The van der Waals surface area contributed by atoms with E-state index in [1.807, 2.05) is 19.2 Å². The molecule has 2 aromatic carbocycles. The van der Waals surface area contributed by atoms with Crippen molar-refractivity contribution in [3.8, 4) is 0 Å². The summed E-state index contributed by atoms with van der Waals surface area (Å²) in [7, 11) is 3.72. The van der Waals surface area contributed by atoms with Gasteiger partial charge in [-0.1, -0.05) is 49.2 Å². The quantitative estimate of drug-likeness (QED) is 0.227. The van der Waals surface area contributed by atoms with Gasteiger partial charge in [-0.15, -0.1) is 0 Å². The lowest BCUT2D eigenvalue weighted by molar-refractivity contribution is 0.284. The molecule has 1 aliphatic rings. The Bertz CT molecular complexity index is 1090. The number of amidine groups is 1. The molecule has 35 heavy (non-hydrogen) atoms. The fourth-order valence-corrected chi connectivity index (χ4v) is 4.91. The zero-order valence-corrected chi connectivity index (χ0v) is 23.0. The molecular weight excluding hydrogens is 456 g/mol. The zero-order chi connectivity index (χ0) is 25.4. The van der Waals surface area contributed by atoms with Gasteiger partial charge in [0.2, 0.25) is 5.88 Å². The highest BCUT2D eigenvalue weighted by Crippen LogP contribution is 2.35. The van der Waals surface area contributed by atoms with Crippen LogP contribution in [0.4, 0.5) is 5.69 Å². The first kappa shape index (κ1) is 27.1. The van der Waals surface area contributed by atoms with Gasteiger partial charge in [-0.2, -0.15) is 4.99 Å². The topological polar surface area (TPSA) is 40.1 Å². The molecule has 1 N–H and O–H groups in total. The van der Waals surface area contributed by atoms with E-state index >= 15 is 0 Å². The van der Waals surface area contributed by atoms with Crippen molar-refractivity contribution in [1.82, 2.24) is 10.2 Å². The number of methoxy groups -OCH3 is 1. The molecule has 3 rings (SSSR count). The Morgan fingerprint density at radius 3 is 2.63 bits per heavy atom. The van der Waals surface area contributed by atoms with Gasteiger partial charge in [-0.05, 0) is 75.4 Å². The van der Waals surface area contributed by atoms with E-state index < -0.39 is 0 Å². The van der Waals surface area contributed by atoms with E-state index in [1.165, 1.54) is 22.2 Å². The summed E-state index contributed by atoms with van der Waals surface area (Å²) in [5.41, 5.74) is 3.85. The van der Waals surface area contributed by atoms with Crippen molar-refractivity contribution in [2.24, 2.45) is 4.99 Å². The molecule has 0 radical (unpaired) electrons. The molecular formula is C29H41ClN4O.